The van der Waals surface area contributed by atoms with Crippen molar-refractivity contribution >= 4 is 45.9 Å². The van der Waals surface area contributed by atoms with Gasteiger partial charge in [0.15, 0.2) is 0 Å². The van der Waals surface area contributed by atoms with Gasteiger partial charge in [-0.1, -0.05) is 17.8 Å². The van der Waals surface area contributed by atoms with E-state index in [4.69, 9.17) is 10.0 Å². The van der Waals surface area contributed by atoms with E-state index < -0.39 is 7.12 Å². The zero-order valence-electron chi connectivity index (χ0n) is 7.88. The minimum Gasteiger partial charge on any atom is -0.423 e. The summed E-state index contributed by atoms with van der Waals surface area (Å²) in [4.78, 5) is 15.9. The Labute approximate surface area is 95.2 Å². The number of thioether (sulfide) groups is 1. The molecule has 1 aliphatic heterocycles. The van der Waals surface area contributed by atoms with Crippen molar-refractivity contribution in [3.63, 3.8) is 0 Å². The van der Waals surface area contributed by atoms with Crippen LogP contribution in [0.3, 0.4) is 0 Å². The molecule has 1 aromatic rings. The lowest BCUT2D eigenvalue weighted by atomic mass is 9.90. The van der Waals surface area contributed by atoms with Gasteiger partial charge >= 0.3 is 7.12 Å². The Bertz CT molecular complexity index is 429. The maximum Gasteiger partial charge on any atom is 0.499 e. The van der Waals surface area contributed by atoms with Crippen molar-refractivity contribution in [1.82, 2.24) is 0 Å². The second-order valence-electron chi connectivity index (χ2n) is 3.09. The summed E-state index contributed by atoms with van der Waals surface area (Å²) in [7, 11) is -1.45. The molecule has 2 rings (SSSR count). The minimum absolute atomic E-state index is 0.130. The van der Waals surface area contributed by atoms with Crippen molar-refractivity contribution in [2.45, 2.75) is 12.2 Å². The van der Waals surface area contributed by atoms with E-state index in [-0.39, 0.29) is 11.2 Å². The molecule has 15 heavy (non-hydrogen) atoms. The third-order valence-electron chi connectivity index (χ3n) is 1.94. The van der Waals surface area contributed by atoms with Crippen LogP contribution in [0.15, 0.2) is 17.1 Å². The van der Waals surface area contributed by atoms with Crippen molar-refractivity contribution in [3.05, 3.63) is 17.0 Å². The van der Waals surface area contributed by atoms with Crippen LogP contribution in [0.2, 0.25) is 0 Å². The smallest absolute Gasteiger partial charge is 0.423 e. The van der Waals surface area contributed by atoms with E-state index >= 15 is 0 Å². The van der Waals surface area contributed by atoms with E-state index in [0.29, 0.717) is 9.82 Å². The average molecular weight is 241 g/mol. The van der Waals surface area contributed by atoms with Crippen LogP contribution in [0.5, 0.6) is 0 Å². The number of amides is 1. The Morgan fingerprint density at radius 3 is 2.67 bits per heavy atom. The molecule has 1 amide bonds. The first-order chi connectivity index (χ1) is 7.08. The first-order valence-corrected chi connectivity index (χ1v) is 6.03. The molecule has 1 unspecified atom stereocenters. The molecule has 7 heteroatoms. The molecule has 4 nitrogen and oxygen atoms in total. The first-order valence-electron chi connectivity index (χ1n) is 4.33. The standard InChI is InChI=1S/C8H8BNO3S2/c1-4-7(11)10-8(14-4)5-2-3-6(15-5)9(12)13/h2-4,12-13H,1H3. The molecule has 0 bridgehead atoms. The van der Waals surface area contributed by atoms with E-state index in [1.54, 1.807) is 19.1 Å². The Hall–Kier alpha value is -0.625. The molecule has 0 aliphatic carbocycles. The second-order valence-corrected chi connectivity index (χ2v) is 5.54. The number of thiophene rings is 1. The van der Waals surface area contributed by atoms with Gasteiger partial charge in [-0.2, -0.15) is 0 Å². The Morgan fingerprint density at radius 2 is 2.20 bits per heavy atom. The highest BCUT2D eigenvalue weighted by molar-refractivity contribution is 8.16. The molecule has 0 aromatic carbocycles. The van der Waals surface area contributed by atoms with Crippen LogP contribution in [0.4, 0.5) is 0 Å². The van der Waals surface area contributed by atoms with E-state index in [1.807, 2.05) is 0 Å². The molecule has 1 aromatic heterocycles. The number of rotatable bonds is 2. The molecular formula is C8H8BNO3S2. The lowest BCUT2D eigenvalue weighted by molar-refractivity contribution is -0.116. The molecule has 0 spiro atoms. The number of aliphatic imine (C=N–C) groups is 1. The SMILES string of the molecule is CC1SC(c2ccc(B(O)O)s2)=NC1=O. The predicted octanol–water partition coefficient (Wildman–Crippen LogP) is -0.164. The van der Waals surface area contributed by atoms with Gasteiger partial charge in [-0.25, -0.2) is 4.99 Å². The van der Waals surface area contributed by atoms with Gasteiger partial charge in [-0.05, 0) is 13.0 Å². The lowest BCUT2D eigenvalue weighted by Crippen LogP contribution is -2.26. The van der Waals surface area contributed by atoms with Gasteiger partial charge in [0.05, 0.1) is 10.1 Å². The molecule has 2 N–H and O–H groups in total. The minimum atomic E-state index is -1.45. The number of hydrogen-bond acceptors (Lipinski definition) is 5. The van der Waals surface area contributed by atoms with E-state index in [0.717, 1.165) is 4.88 Å². The highest BCUT2D eigenvalue weighted by Crippen LogP contribution is 2.27. The zero-order valence-corrected chi connectivity index (χ0v) is 9.51. The predicted molar refractivity (Wildman–Crippen MR) is 62.7 cm³/mol. The van der Waals surface area contributed by atoms with Gasteiger partial charge in [-0.3, -0.25) is 4.79 Å². The normalized spacial score (nSPS) is 20.6. The molecule has 0 radical (unpaired) electrons. The second kappa shape index (κ2) is 4.09. The molecule has 0 saturated carbocycles. The number of nitrogens with zero attached hydrogens (tertiary/aromatic N) is 1. The number of hydrogen-bond donors (Lipinski definition) is 2. The summed E-state index contributed by atoms with van der Waals surface area (Å²) in [6, 6.07) is 3.37. The van der Waals surface area contributed by atoms with Crippen molar-refractivity contribution in [2.24, 2.45) is 4.99 Å². The fraction of sp³-hybridized carbons (Fsp3) is 0.250. The van der Waals surface area contributed by atoms with Gasteiger partial charge in [-0.15, -0.1) is 11.3 Å². The van der Waals surface area contributed by atoms with Crippen LogP contribution in [0, 0.1) is 0 Å². The summed E-state index contributed by atoms with van der Waals surface area (Å²) in [6.07, 6.45) is 0. The Kier molecular flexibility index (Phi) is 2.97. The lowest BCUT2D eigenvalue weighted by Gasteiger charge is -1.95. The number of carbonyl (C=O) groups excluding carboxylic acids is 1. The van der Waals surface area contributed by atoms with Crippen molar-refractivity contribution in [2.75, 3.05) is 0 Å². The third-order valence-corrected chi connectivity index (χ3v) is 4.29. The van der Waals surface area contributed by atoms with Crippen LogP contribution in [-0.2, 0) is 4.79 Å². The summed E-state index contributed by atoms with van der Waals surface area (Å²) in [5, 5.41) is 18.4. The van der Waals surface area contributed by atoms with Crippen LogP contribution < -0.4 is 4.78 Å². The zero-order chi connectivity index (χ0) is 11.0. The number of carbonyl (C=O) groups is 1. The Balaban J connectivity index is 2.24. The molecule has 1 aliphatic rings. The molecule has 0 saturated heterocycles. The average Bonchev–Trinajstić information content (AvgIpc) is 2.74. The Morgan fingerprint density at radius 1 is 1.47 bits per heavy atom. The van der Waals surface area contributed by atoms with E-state index in [9.17, 15) is 4.79 Å². The summed E-state index contributed by atoms with van der Waals surface area (Å²) in [5.74, 6) is -0.130. The van der Waals surface area contributed by atoms with Gasteiger partial charge in [0.1, 0.15) is 5.04 Å². The summed E-state index contributed by atoms with van der Waals surface area (Å²) >= 11 is 2.64. The fourth-order valence-corrected chi connectivity index (χ4v) is 3.00. The largest absolute Gasteiger partial charge is 0.499 e. The maximum atomic E-state index is 11.2. The van der Waals surface area contributed by atoms with Gasteiger partial charge < -0.3 is 10.0 Å². The monoisotopic (exact) mass is 241 g/mol. The van der Waals surface area contributed by atoms with Crippen LogP contribution in [-0.4, -0.2) is 33.4 Å². The first kappa shape index (κ1) is 10.9. The van der Waals surface area contributed by atoms with Gasteiger partial charge in [0, 0.05) is 4.78 Å². The molecule has 1 atom stereocenters. The third kappa shape index (κ3) is 2.15. The van der Waals surface area contributed by atoms with Crippen LogP contribution in [0.1, 0.15) is 11.8 Å². The van der Waals surface area contributed by atoms with Crippen LogP contribution >= 0.6 is 23.1 Å². The van der Waals surface area contributed by atoms with Gasteiger partial charge in [0.25, 0.3) is 5.91 Å². The molecule has 2 heterocycles. The van der Waals surface area contributed by atoms with Gasteiger partial charge in [0.2, 0.25) is 0 Å². The van der Waals surface area contributed by atoms with E-state index in [1.165, 1.54) is 23.1 Å². The highest BCUT2D eigenvalue weighted by Gasteiger charge is 2.26. The van der Waals surface area contributed by atoms with Crippen molar-refractivity contribution < 1.29 is 14.8 Å². The quantitative estimate of drug-likeness (QED) is 0.705. The summed E-state index contributed by atoms with van der Waals surface area (Å²) in [5.41, 5.74) is 0. The van der Waals surface area contributed by atoms with Crippen molar-refractivity contribution in [3.8, 4) is 0 Å². The van der Waals surface area contributed by atoms with Crippen molar-refractivity contribution in [1.29, 1.82) is 0 Å². The highest BCUT2D eigenvalue weighted by atomic mass is 32.2. The molecular weight excluding hydrogens is 233 g/mol. The summed E-state index contributed by atoms with van der Waals surface area (Å²) in [6.45, 7) is 1.80. The topological polar surface area (TPSA) is 69.9 Å². The maximum absolute atomic E-state index is 11.2. The molecule has 0 fully saturated rings. The van der Waals surface area contributed by atoms with E-state index in [2.05, 4.69) is 4.99 Å². The van der Waals surface area contributed by atoms with Crippen LogP contribution in [0.25, 0.3) is 0 Å². The summed E-state index contributed by atoms with van der Waals surface area (Å²) < 4.78 is 0.459. The molecule has 78 valence electrons. The fourth-order valence-electron chi connectivity index (χ4n) is 1.15.